The molecular formula is C21H20ClN5O5S. The van der Waals surface area contributed by atoms with Crippen molar-refractivity contribution in [2.24, 2.45) is 0 Å². The topological polar surface area (TPSA) is 142 Å². The average Bonchev–Trinajstić information content (AvgIpc) is 2.75. The van der Waals surface area contributed by atoms with Gasteiger partial charge in [-0.2, -0.15) is 0 Å². The first-order valence-corrected chi connectivity index (χ1v) is 11.4. The number of aryl methyl sites for hydroxylation is 2. The van der Waals surface area contributed by atoms with Gasteiger partial charge in [-0.3, -0.25) is 25.7 Å². The molecule has 33 heavy (non-hydrogen) atoms. The summed E-state index contributed by atoms with van der Waals surface area (Å²) in [5.41, 5.74) is 6.55. The van der Waals surface area contributed by atoms with Crippen molar-refractivity contribution in [3.8, 4) is 0 Å². The first-order chi connectivity index (χ1) is 15.5. The van der Waals surface area contributed by atoms with Gasteiger partial charge in [0.1, 0.15) is 5.69 Å². The molecule has 0 aromatic heterocycles. The maximum atomic E-state index is 12.8. The molecule has 3 rings (SSSR count). The van der Waals surface area contributed by atoms with Crippen LogP contribution in [0.2, 0.25) is 5.02 Å². The van der Waals surface area contributed by atoms with E-state index in [1.165, 1.54) is 12.1 Å². The molecule has 3 aromatic rings. The number of anilines is 3. The summed E-state index contributed by atoms with van der Waals surface area (Å²) in [5, 5.41) is 14.5. The van der Waals surface area contributed by atoms with Gasteiger partial charge in [0.2, 0.25) is 0 Å². The van der Waals surface area contributed by atoms with E-state index < -0.39 is 26.7 Å². The van der Waals surface area contributed by atoms with Gasteiger partial charge in [0.05, 0.1) is 15.5 Å². The fraction of sp³-hybridized carbons (Fsp3) is 0.0952. The number of sulfonamides is 1. The number of nitrogens with zero attached hydrogens (tertiary/aromatic N) is 1. The van der Waals surface area contributed by atoms with E-state index in [9.17, 15) is 23.3 Å². The number of nitro groups is 1. The SMILES string of the molecule is Cc1ccc(NS(=O)(=O)c2ccc(NNC(=O)Nc3ccc(Cl)cc3)c([N+](=O)[O-])c2)c(C)c1. The molecule has 172 valence electrons. The minimum Gasteiger partial charge on any atom is -0.307 e. The van der Waals surface area contributed by atoms with E-state index in [4.69, 9.17) is 11.6 Å². The normalized spacial score (nSPS) is 10.9. The van der Waals surface area contributed by atoms with Crippen molar-refractivity contribution in [1.29, 1.82) is 0 Å². The first kappa shape index (κ1) is 23.8. The molecule has 0 bridgehead atoms. The van der Waals surface area contributed by atoms with E-state index in [0.29, 0.717) is 22.0 Å². The van der Waals surface area contributed by atoms with Crippen LogP contribution in [0.15, 0.2) is 65.6 Å². The van der Waals surface area contributed by atoms with E-state index >= 15 is 0 Å². The van der Waals surface area contributed by atoms with Gasteiger partial charge in [-0.1, -0.05) is 29.3 Å². The fourth-order valence-electron chi connectivity index (χ4n) is 2.89. The second-order valence-electron chi connectivity index (χ2n) is 7.07. The van der Waals surface area contributed by atoms with Gasteiger partial charge in [0, 0.05) is 16.8 Å². The van der Waals surface area contributed by atoms with Gasteiger partial charge < -0.3 is 5.32 Å². The summed E-state index contributed by atoms with van der Waals surface area (Å²) in [4.78, 5) is 22.5. The summed E-state index contributed by atoms with van der Waals surface area (Å²) >= 11 is 5.79. The van der Waals surface area contributed by atoms with Crippen LogP contribution in [0, 0.1) is 24.0 Å². The van der Waals surface area contributed by atoms with Crippen molar-refractivity contribution in [3.05, 3.63) is 86.9 Å². The number of halogens is 1. The molecule has 0 spiro atoms. The van der Waals surface area contributed by atoms with Crippen molar-refractivity contribution >= 4 is 50.4 Å². The van der Waals surface area contributed by atoms with Crippen LogP contribution in [0.5, 0.6) is 0 Å². The molecule has 0 fully saturated rings. The van der Waals surface area contributed by atoms with Crippen molar-refractivity contribution in [1.82, 2.24) is 5.43 Å². The minimum absolute atomic E-state index is 0.100. The smallest absolute Gasteiger partial charge is 0.307 e. The summed E-state index contributed by atoms with van der Waals surface area (Å²) < 4.78 is 28.0. The third-order valence-electron chi connectivity index (χ3n) is 4.52. The summed E-state index contributed by atoms with van der Waals surface area (Å²) in [7, 11) is -4.09. The lowest BCUT2D eigenvalue weighted by molar-refractivity contribution is -0.384. The second-order valence-corrected chi connectivity index (χ2v) is 9.19. The molecule has 3 aromatic carbocycles. The number of nitro benzene ring substituents is 1. The number of carbonyl (C=O) groups is 1. The van der Waals surface area contributed by atoms with Crippen molar-refractivity contribution in [3.63, 3.8) is 0 Å². The molecule has 0 unspecified atom stereocenters. The molecule has 0 radical (unpaired) electrons. The Bertz CT molecular complexity index is 1310. The molecule has 2 amide bonds. The molecule has 10 nitrogen and oxygen atoms in total. The Labute approximate surface area is 195 Å². The lowest BCUT2D eigenvalue weighted by Crippen LogP contribution is -2.33. The number of urea groups is 1. The second kappa shape index (κ2) is 9.76. The monoisotopic (exact) mass is 489 g/mol. The van der Waals surface area contributed by atoms with E-state index in [1.54, 1.807) is 43.3 Å². The van der Waals surface area contributed by atoms with Crippen LogP contribution in [-0.2, 0) is 10.0 Å². The summed E-state index contributed by atoms with van der Waals surface area (Å²) in [6.07, 6.45) is 0. The third-order valence-corrected chi connectivity index (χ3v) is 6.13. The van der Waals surface area contributed by atoms with Gasteiger partial charge >= 0.3 is 6.03 Å². The number of nitrogens with one attached hydrogen (secondary N) is 4. The first-order valence-electron chi connectivity index (χ1n) is 9.52. The van der Waals surface area contributed by atoms with Gasteiger partial charge in [-0.15, -0.1) is 0 Å². The highest BCUT2D eigenvalue weighted by molar-refractivity contribution is 7.92. The number of amides is 2. The van der Waals surface area contributed by atoms with Crippen LogP contribution >= 0.6 is 11.6 Å². The van der Waals surface area contributed by atoms with E-state index in [2.05, 4.69) is 20.9 Å². The Morgan fingerprint density at radius 2 is 1.64 bits per heavy atom. The zero-order valence-corrected chi connectivity index (χ0v) is 19.1. The Hall–Kier alpha value is -3.83. The Morgan fingerprint density at radius 3 is 2.27 bits per heavy atom. The molecular weight excluding hydrogens is 470 g/mol. The van der Waals surface area contributed by atoms with Crippen molar-refractivity contribution in [2.45, 2.75) is 18.7 Å². The summed E-state index contributed by atoms with van der Waals surface area (Å²) in [6, 6.07) is 14.1. The molecule has 0 aliphatic carbocycles. The molecule has 0 saturated heterocycles. The zero-order valence-electron chi connectivity index (χ0n) is 17.5. The van der Waals surface area contributed by atoms with Crippen LogP contribution < -0.4 is 20.9 Å². The Balaban J connectivity index is 1.76. The lowest BCUT2D eigenvalue weighted by atomic mass is 10.1. The Kier molecular flexibility index (Phi) is 7.04. The van der Waals surface area contributed by atoms with Gasteiger partial charge in [-0.05, 0) is 61.9 Å². The zero-order chi connectivity index (χ0) is 24.2. The van der Waals surface area contributed by atoms with Crippen LogP contribution in [-0.4, -0.2) is 19.4 Å². The van der Waals surface area contributed by atoms with Crippen LogP contribution in [0.3, 0.4) is 0 Å². The number of hydrazine groups is 1. The highest BCUT2D eigenvalue weighted by Gasteiger charge is 2.22. The maximum absolute atomic E-state index is 12.8. The molecule has 0 aliphatic rings. The predicted octanol–water partition coefficient (Wildman–Crippen LogP) is 4.81. The highest BCUT2D eigenvalue weighted by Crippen LogP contribution is 2.29. The van der Waals surface area contributed by atoms with Crippen LogP contribution in [0.1, 0.15) is 11.1 Å². The quantitative estimate of drug-likeness (QED) is 0.277. The minimum atomic E-state index is -4.09. The van der Waals surface area contributed by atoms with Gasteiger partial charge in [-0.25, -0.2) is 13.2 Å². The highest BCUT2D eigenvalue weighted by atomic mass is 35.5. The molecule has 0 atom stereocenters. The van der Waals surface area contributed by atoms with Crippen molar-refractivity contribution < 1.29 is 18.1 Å². The van der Waals surface area contributed by atoms with Crippen LogP contribution in [0.4, 0.5) is 27.5 Å². The molecule has 0 saturated carbocycles. The third kappa shape index (κ3) is 6.11. The number of hydrogen-bond acceptors (Lipinski definition) is 6. The molecule has 12 heteroatoms. The standard InChI is InChI=1S/C21H20ClN5O5S/c1-13-3-9-18(14(2)11-13)26-33(31,32)17-8-10-19(20(12-17)27(29)30)24-25-21(28)23-16-6-4-15(22)5-7-16/h3-12,24,26H,1-2H3,(H2,23,25,28). The molecule has 4 N–H and O–H groups in total. The summed E-state index contributed by atoms with van der Waals surface area (Å²) in [6.45, 7) is 3.63. The number of benzene rings is 3. The van der Waals surface area contributed by atoms with E-state index in [-0.39, 0.29) is 10.6 Å². The predicted molar refractivity (Wildman–Crippen MR) is 127 cm³/mol. The lowest BCUT2D eigenvalue weighted by Gasteiger charge is -2.13. The number of rotatable bonds is 7. The number of carbonyl (C=O) groups excluding carboxylic acids is 1. The van der Waals surface area contributed by atoms with Crippen molar-refractivity contribution in [2.75, 3.05) is 15.5 Å². The number of hydrogen-bond donors (Lipinski definition) is 4. The largest absolute Gasteiger partial charge is 0.337 e. The van der Waals surface area contributed by atoms with Gasteiger partial charge in [0.15, 0.2) is 0 Å². The van der Waals surface area contributed by atoms with Crippen LogP contribution in [0.25, 0.3) is 0 Å². The van der Waals surface area contributed by atoms with Gasteiger partial charge in [0.25, 0.3) is 15.7 Å². The summed E-state index contributed by atoms with van der Waals surface area (Å²) in [5.74, 6) is 0. The van der Waals surface area contributed by atoms with E-state index in [0.717, 1.165) is 11.6 Å². The average molecular weight is 490 g/mol. The molecule has 0 heterocycles. The Morgan fingerprint density at radius 1 is 0.970 bits per heavy atom. The fourth-order valence-corrected chi connectivity index (χ4v) is 4.16. The molecule has 0 aliphatic heterocycles. The maximum Gasteiger partial charge on any atom is 0.337 e. The van der Waals surface area contributed by atoms with E-state index in [1.807, 2.05) is 13.0 Å².